The third-order valence-corrected chi connectivity index (χ3v) is 5.41. The van der Waals surface area contributed by atoms with E-state index in [4.69, 9.17) is 9.15 Å². The lowest BCUT2D eigenvalue weighted by Crippen LogP contribution is -2.25. The Labute approximate surface area is 178 Å². The number of pyridine rings is 1. The number of fused-ring (bicyclic) bond motifs is 1. The van der Waals surface area contributed by atoms with Crippen LogP contribution in [0.2, 0.25) is 0 Å². The fourth-order valence-corrected chi connectivity index (χ4v) is 3.88. The summed E-state index contributed by atoms with van der Waals surface area (Å²) in [5.74, 6) is 0.327. The van der Waals surface area contributed by atoms with E-state index in [2.05, 4.69) is 10.4 Å². The maximum absolute atomic E-state index is 13.1. The highest BCUT2D eigenvalue weighted by Crippen LogP contribution is 2.24. The van der Waals surface area contributed by atoms with Gasteiger partial charge in [0.1, 0.15) is 11.5 Å². The highest BCUT2D eigenvalue weighted by atomic mass is 16.5. The molecule has 1 N–H and O–H groups in total. The number of furan rings is 1. The van der Waals surface area contributed by atoms with Crippen LogP contribution in [0.5, 0.6) is 0 Å². The molecule has 0 bridgehead atoms. The first kappa shape index (κ1) is 19.3. The van der Waals surface area contributed by atoms with Gasteiger partial charge in [-0.05, 0) is 37.1 Å². The van der Waals surface area contributed by atoms with Crippen LogP contribution in [-0.4, -0.2) is 33.0 Å². The van der Waals surface area contributed by atoms with Gasteiger partial charge in [0, 0.05) is 25.5 Å². The average molecular weight is 418 g/mol. The summed E-state index contributed by atoms with van der Waals surface area (Å²) in [4.78, 5) is 26.2. The molecule has 4 heterocycles. The van der Waals surface area contributed by atoms with Crippen molar-refractivity contribution in [1.82, 2.24) is 19.7 Å². The lowest BCUT2D eigenvalue weighted by molar-refractivity contribution is 0.0933. The zero-order valence-electron chi connectivity index (χ0n) is 16.9. The Morgan fingerprint density at radius 3 is 2.77 bits per heavy atom. The minimum Gasteiger partial charge on any atom is -0.467 e. The predicted octanol–water partition coefficient (Wildman–Crippen LogP) is 2.84. The minimum absolute atomic E-state index is 0.0701. The number of hydrogen-bond acceptors (Lipinski definition) is 5. The SMILES string of the molecule is O=C(NCc1ccco1)c1cn(C[C@H]2CCCO2)cc2c(=O)n(-c3ccccc3)nc1-2. The third-order valence-electron chi connectivity index (χ3n) is 5.41. The summed E-state index contributed by atoms with van der Waals surface area (Å²) >= 11 is 0. The molecule has 8 nitrogen and oxygen atoms in total. The van der Waals surface area contributed by atoms with Gasteiger partial charge in [0.25, 0.3) is 11.5 Å². The molecule has 0 saturated carbocycles. The standard InChI is InChI=1S/C23H22N4O4/c28-22(24-12-17-8-4-10-30-17)19-14-26(13-18-9-5-11-31-18)15-20-21(19)25-27(23(20)29)16-6-2-1-3-7-16/h1-4,6-8,10,14-15,18H,5,9,11-13H2,(H,24,28)/t18-/m1/s1. The van der Waals surface area contributed by atoms with Crippen molar-refractivity contribution in [2.45, 2.75) is 32.0 Å². The molecule has 158 valence electrons. The molecule has 1 saturated heterocycles. The predicted molar refractivity (Wildman–Crippen MR) is 113 cm³/mol. The van der Waals surface area contributed by atoms with E-state index in [0.717, 1.165) is 19.4 Å². The van der Waals surface area contributed by atoms with E-state index in [-0.39, 0.29) is 24.1 Å². The molecule has 1 aromatic heterocycles. The zero-order valence-corrected chi connectivity index (χ0v) is 16.9. The van der Waals surface area contributed by atoms with Crippen LogP contribution >= 0.6 is 0 Å². The average Bonchev–Trinajstić information content (AvgIpc) is 3.55. The number of aromatic nitrogens is 3. The number of carbonyl (C=O) groups excluding carboxylic acids is 1. The lowest BCUT2D eigenvalue weighted by atomic mass is 10.1. The Balaban J connectivity index is 1.55. The van der Waals surface area contributed by atoms with Crippen molar-refractivity contribution in [2.24, 2.45) is 0 Å². The Hall–Kier alpha value is -3.65. The van der Waals surface area contributed by atoms with Gasteiger partial charge in [-0.15, -0.1) is 0 Å². The van der Waals surface area contributed by atoms with Gasteiger partial charge in [-0.1, -0.05) is 18.2 Å². The van der Waals surface area contributed by atoms with Gasteiger partial charge in [0.15, 0.2) is 0 Å². The first-order valence-electron chi connectivity index (χ1n) is 10.3. The van der Waals surface area contributed by atoms with Crippen LogP contribution in [0.15, 0.2) is 70.3 Å². The summed E-state index contributed by atoms with van der Waals surface area (Å²) in [6.45, 7) is 1.56. The van der Waals surface area contributed by atoms with Crippen molar-refractivity contribution in [2.75, 3.05) is 6.61 Å². The van der Waals surface area contributed by atoms with E-state index in [1.165, 1.54) is 4.68 Å². The number of nitrogens with one attached hydrogen (secondary N) is 1. The van der Waals surface area contributed by atoms with Crippen molar-refractivity contribution in [3.05, 3.63) is 82.8 Å². The Morgan fingerprint density at radius 1 is 1.16 bits per heavy atom. The van der Waals surface area contributed by atoms with Crippen molar-refractivity contribution < 1.29 is 13.9 Å². The van der Waals surface area contributed by atoms with Crippen LogP contribution in [0.25, 0.3) is 16.9 Å². The highest BCUT2D eigenvalue weighted by Gasteiger charge is 2.25. The fourth-order valence-electron chi connectivity index (χ4n) is 3.88. The van der Waals surface area contributed by atoms with Gasteiger partial charge in [-0.2, -0.15) is 9.78 Å². The highest BCUT2D eigenvalue weighted by molar-refractivity contribution is 5.99. The van der Waals surface area contributed by atoms with Crippen LogP contribution in [0.4, 0.5) is 0 Å². The van der Waals surface area contributed by atoms with Crippen LogP contribution in [0.3, 0.4) is 0 Å². The molecule has 0 spiro atoms. The van der Waals surface area contributed by atoms with E-state index < -0.39 is 0 Å². The first-order valence-corrected chi connectivity index (χ1v) is 10.3. The molecule has 2 aromatic rings. The van der Waals surface area contributed by atoms with E-state index in [0.29, 0.717) is 34.8 Å². The smallest absolute Gasteiger partial charge is 0.282 e. The molecule has 8 heteroatoms. The molecule has 1 amide bonds. The van der Waals surface area contributed by atoms with Crippen LogP contribution in [0, 0.1) is 0 Å². The maximum atomic E-state index is 13.1. The van der Waals surface area contributed by atoms with E-state index in [9.17, 15) is 9.59 Å². The van der Waals surface area contributed by atoms with E-state index >= 15 is 0 Å². The summed E-state index contributed by atoms with van der Waals surface area (Å²) < 4.78 is 14.2. The Bertz CT molecular complexity index is 1200. The first-order chi connectivity index (χ1) is 15.2. The van der Waals surface area contributed by atoms with Crippen molar-refractivity contribution >= 4 is 5.91 Å². The van der Waals surface area contributed by atoms with Crippen molar-refractivity contribution in [3.8, 4) is 16.9 Å². The van der Waals surface area contributed by atoms with Crippen molar-refractivity contribution in [3.63, 3.8) is 0 Å². The second-order valence-corrected chi connectivity index (χ2v) is 7.58. The molecular weight excluding hydrogens is 396 g/mol. The molecule has 3 aliphatic rings. The van der Waals surface area contributed by atoms with Crippen LogP contribution in [-0.2, 0) is 17.8 Å². The van der Waals surface area contributed by atoms with E-state index in [1.807, 2.05) is 34.9 Å². The normalized spacial score (nSPS) is 16.1. The quantitative estimate of drug-likeness (QED) is 0.520. The van der Waals surface area contributed by atoms with Gasteiger partial charge in [0.05, 0.1) is 35.7 Å². The second kappa shape index (κ2) is 8.23. The number of carbonyl (C=O) groups is 1. The maximum Gasteiger partial charge on any atom is 0.282 e. The van der Waals surface area contributed by atoms with Gasteiger partial charge in [0.2, 0.25) is 0 Å². The number of para-hydroxylation sites is 1. The van der Waals surface area contributed by atoms with Crippen molar-refractivity contribution in [1.29, 1.82) is 0 Å². The third kappa shape index (κ3) is 3.89. The molecule has 1 fully saturated rings. The molecule has 3 aliphatic heterocycles. The second-order valence-electron chi connectivity index (χ2n) is 7.58. The number of hydrogen-bond donors (Lipinski definition) is 1. The number of rotatable bonds is 6. The summed E-state index contributed by atoms with van der Waals surface area (Å²) in [5, 5.41) is 7.35. The van der Waals surface area contributed by atoms with E-state index in [1.54, 1.807) is 30.8 Å². The zero-order chi connectivity index (χ0) is 21.2. The molecule has 0 radical (unpaired) electrons. The number of benzene rings is 1. The minimum atomic E-state index is -0.319. The molecule has 0 aliphatic carbocycles. The number of amides is 1. The Kier molecular flexibility index (Phi) is 5.13. The summed E-state index contributed by atoms with van der Waals surface area (Å²) in [7, 11) is 0. The molecule has 5 rings (SSSR count). The number of nitrogens with zero attached hydrogens (tertiary/aromatic N) is 3. The molecule has 31 heavy (non-hydrogen) atoms. The van der Waals surface area contributed by atoms with Gasteiger partial charge < -0.3 is 19.0 Å². The fraction of sp³-hybridized carbons (Fsp3) is 0.261. The largest absolute Gasteiger partial charge is 0.467 e. The molecule has 1 aromatic carbocycles. The number of ether oxygens (including phenoxy) is 1. The van der Waals surface area contributed by atoms with Crippen LogP contribution < -0.4 is 10.9 Å². The molecular formula is C23H22N4O4. The van der Waals surface area contributed by atoms with Crippen LogP contribution in [0.1, 0.15) is 29.0 Å². The summed E-state index contributed by atoms with van der Waals surface area (Å²) in [6.07, 6.45) is 7.10. The van der Waals surface area contributed by atoms with Gasteiger partial charge in [-0.25, -0.2) is 0 Å². The molecule has 0 unspecified atom stereocenters. The van der Waals surface area contributed by atoms with Gasteiger partial charge >= 0.3 is 0 Å². The molecule has 1 atom stereocenters. The monoisotopic (exact) mass is 418 g/mol. The summed E-state index contributed by atoms with van der Waals surface area (Å²) in [5.41, 5.74) is 1.50. The lowest BCUT2D eigenvalue weighted by Gasteiger charge is -2.15. The topological polar surface area (TPSA) is 91.3 Å². The summed E-state index contributed by atoms with van der Waals surface area (Å²) in [6, 6.07) is 12.7. The van der Waals surface area contributed by atoms with Gasteiger partial charge in [-0.3, -0.25) is 9.59 Å². The Morgan fingerprint density at radius 2 is 2.03 bits per heavy atom.